The molecule has 0 saturated carbocycles. The zero-order valence-electron chi connectivity index (χ0n) is 15.8. The molecule has 0 unspecified atom stereocenters. The Kier molecular flexibility index (Phi) is 5.99. The van der Waals surface area contributed by atoms with Crippen molar-refractivity contribution in [3.05, 3.63) is 24.3 Å². The lowest BCUT2D eigenvalue weighted by molar-refractivity contribution is -0.201. The van der Waals surface area contributed by atoms with Crippen molar-refractivity contribution in [2.45, 2.75) is 37.5 Å². The molecule has 2 fully saturated rings. The molecule has 2 aliphatic heterocycles. The molecule has 1 N–H and O–H groups in total. The van der Waals surface area contributed by atoms with Crippen molar-refractivity contribution >= 4 is 39.4 Å². The monoisotopic (exact) mass is 423 g/mol. The Labute approximate surface area is 167 Å². The first kappa shape index (κ1) is 20.9. The Morgan fingerprint density at radius 1 is 1.03 bits per heavy atom. The summed E-state index contributed by atoms with van der Waals surface area (Å²) in [5, 5.41) is 3.07. The third-order valence-corrected chi connectivity index (χ3v) is 6.70. The quantitative estimate of drug-likeness (QED) is 0.688. The SMILES string of the molecule is CC(=O)Nc1ccc(S(=O)(=O)N2CCC(C(=O)ON3C(=O)CCC3=O)CC2)cc1. The van der Waals surface area contributed by atoms with Crippen LogP contribution in [0.4, 0.5) is 5.69 Å². The highest BCUT2D eigenvalue weighted by atomic mass is 32.2. The summed E-state index contributed by atoms with van der Waals surface area (Å²) in [6.07, 6.45) is 0.476. The minimum absolute atomic E-state index is 0.0174. The summed E-state index contributed by atoms with van der Waals surface area (Å²) in [4.78, 5) is 51.4. The van der Waals surface area contributed by atoms with Gasteiger partial charge in [0, 0.05) is 38.5 Å². The lowest BCUT2D eigenvalue weighted by Gasteiger charge is -2.30. The maximum atomic E-state index is 12.8. The van der Waals surface area contributed by atoms with Crippen LogP contribution in [0.3, 0.4) is 0 Å². The number of piperidine rings is 1. The van der Waals surface area contributed by atoms with Crippen LogP contribution in [0.15, 0.2) is 29.2 Å². The van der Waals surface area contributed by atoms with E-state index in [1.807, 2.05) is 0 Å². The van der Waals surface area contributed by atoms with Gasteiger partial charge in [-0.1, -0.05) is 0 Å². The van der Waals surface area contributed by atoms with Gasteiger partial charge in [0.25, 0.3) is 11.8 Å². The van der Waals surface area contributed by atoms with Crippen molar-refractivity contribution in [3.63, 3.8) is 0 Å². The molecule has 3 rings (SSSR count). The average Bonchev–Trinajstić information content (AvgIpc) is 3.00. The summed E-state index contributed by atoms with van der Waals surface area (Å²) < 4.78 is 26.8. The molecule has 0 aromatic heterocycles. The Morgan fingerprint density at radius 3 is 2.10 bits per heavy atom. The number of imide groups is 1. The van der Waals surface area contributed by atoms with Crippen LogP contribution in [-0.2, 0) is 34.0 Å². The van der Waals surface area contributed by atoms with Gasteiger partial charge < -0.3 is 10.2 Å². The fourth-order valence-electron chi connectivity index (χ4n) is 3.22. The van der Waals surface area contributed by atoms with E-state index in [0.29, 0.717) is 10.8 Å². The van der Waals surface area contributed by atoms with Crippen LogP contribution in [0.1, 0.15) is 32.6 Å². The van der Waals surface area contributed by atoms with Gasteiger partial charge in [0.1, 0.15) is 0 Å². The normalized spacial score (nSPS) is 18.7. The second kappa shape index (κ2) is 8.29. The number of anilines is 1. The maximum absolute atomic E-state index is 12.8. The molecule has 156 valence electrons. The summed E-state index contributed by atoms with van der Waals surface area (Å²) in [6.45, 7) is 1.57. The molecule has 1 aromatic rings. The predicted octanol–water partition coefficient (Wildman–Crippen LogP) is 0.653. The van der Waals surface area contributed by atoms with Crippen LogP contribution in [0.5, 0.6) is 0 Å². The molecule has 11 heteroatoms. The van der Waals surface area contributed by atoms with Gasteiger partial charge >= 0.3 is 5.97 Å². The zero-order valence-corrected chi connectivity index (χ0v) is 16.6. The third kappa shape index (κ3) is 4.62. The number of carbonyl (C=O) groups excluding carboxylic acids is 4. The maximum Gasteiger partial charge on any atom is 0.336 e. The van der Waals surface area contributed by atoms with E-state index in [1.54, 1.807) is 0 Å². The van der Waals surface area contributed by atoms with Gasteiger partial charge in [0.15, 0.2) is 0 Å². The Hall–Kier alpha value is -2.79. The number of rotatable bonds is 5. The zero-order chi connectivity index (χ0) is 21.2. The van der Waals surface area contributed by atoms with Gasteiger partial charge in [0.05, 0.1) is 10.8 Å². The molecule has 10 nitrogen and oxygen atoms in total. The molecule has 2 saturated heterocycles. The van der Waals surface area contributed by atoms with E-state index in [9.17, 15) is 27.6 Å². The fraction of sp³-hybridized carbons (Fsp3) is 0.444. The highest BCUT2D eigenvalue weighted by Crippen LogP contribution is 2.26. The minimum atomic E-state index is -3.75. The van der Waals surface area contributed by atoms with Crippen LogP contribution >= 0.6 is 0 Å². The van der Waals surface area contributed by atoms with Crippen LogP contribution in [0.2, 0.25) is 0 Å². The lowest BCUT2D eigenvalue weighted by Crippen LogP contribution is -2.42. The first-order valence-electron chi connectivity index (χ1n) is 9.14. The second-order valence-electron chi connectivity index (χ2n) is 6.88. The summed E-state index contributed by atoms with van der Waals surface area (Å²) in [5.74, 6) is -2.65. The summed E-state index contributed by atoms with van der Waals surface area (Å²) >= 11 is 0. The van der Waals surface area contributed by atoms with E-state index in [4.69, 9.17) is 4.84 Å². The first-order chi connectivity index (χ1) is 13.7. The van der Waals surface area contributed by atoms with Gasteiger partial charge in [-0.05, 0) is 37.1 Å². The Bertz CT molecular complexity index is 919. The van der Waals surface area contributed by atoms with Gasteiger partial charge in [-0.15, -0.1) is 5.06 Å². The number of nitrogens with zero attached hydrogens (tertiary/aromatic N) is 2. The molecule has 0 atom stereocenters. The van der Waals surface area contributed by atoms with Crippen molar-refractivity contribution in [1.82, 2.24) is 9.37 Å². The Balaban J connectivity index is 1.59. The summed E-state index contributed by atoms with van der Waals surface area (Å²) in [6, 6.07) is 5.82. The van der Waals surface area contributed by atoms with Crippen molar-refractivity contribution in [2.75, 3.05) is 18.4 Å². The molecule has 1 aromatic carbocycles. The van der Waals surface area contributed by atoms with Crippen molar-refractivity contribution in [3.8, 4) is 0 Å². The molecule has 29 heavy (non-hydrogen) atoms. The summed E-state index contributed by atoms with van der Waals surface area (Å²) in [7, 11) is -3.75. The van der Waals surface area contributed by atoms with E-state index in [2.05, 4.69) is 5.32 Å². The third-order valence-electron chi connectivity index (χ3n) is 4.79. The predicted molar refractivity (Wildman–Crippen MR) is 99.4 cm³/mol. The molecular formula is C18H21N3O7S. The number of carbonyl (C=O) groups is 4. The van der Waals surface area contributed by atoms with E-state index in [0.717, 1.165) is 0 Å². The van der Waals surface area contributed by atoms with Gasteiger partial charge in [0.2, 0.25) is 15.9 Å². The van der Waals surface area contributed by atoms with E-state index < -0.39 is 33.7 Å². The molecular weight excluding hydrogens is 402 g/mol. The number of hydroxylamine groups is 2. The molecule has 0 spiro atoms. The second-order valence-corrected chi connectivity index (χ2v) is 8.81. The molecule has 2 aliphatic rings. The number of sulfonamides is 1. The van der Waals surface area contributed by atoms with E-state index >= 15 is 0 Å². The standard InChI is InChI=1S/C18H21N3O7S/c1-12(22)19-14-2-4-15(5-3-14)29(26,27)20-10-8-13(9-11-20)18(25)28-21-16(23)6-7-17(21)24/h2-5,13H,6-11H2,1H3,(H,19,22). The molecule has 0 bridgehead atoms. The number of nitrogens with one attached hydrogen (secondary N) is 1. The van der Waals surface area contributed by atoms with E-state index in [-0.39, 0.29) is 49.6 Å². The number of benzene rings is 1. The van der Waals surface area contributed by atoms with Crippen molar-refractivity contribution < 1.29 is 32.4 Å². The molecule has 2 heterocycles. The van der Waals surface area contributed by atoms with Crippen molar-refractivity contribution in [1.29, 1.82) is 0 Å². The Morgan fingerprint density at radius 2 is 1.59 bits per heavy atom. The first-order valence-corrected chi connectivity index (χ1v) is 10.6. The highest BCUT2D eigenvalue weighted by molar-refractivity contribution is 7.89. The number of amides is 3. The average molecular weight is 423 g/mol. The van der Waals surface area contributed by atoms with Crippen LogP contribution in [-0.4, -0.2) is 54.6 Å². The number of hydrogen-bond donors (Lipinski definition) is 1. The smallest absolute Gasteiger partial charge is 0.330 e. The number of hydrogen-bond acceptors (Lipinski definition) is 7. The topological polar surface area (TPSA) is 130 Å². The minimum Gasteiger partial charge on any atom is -0.330 e. The summed E-state index contributed by atoms with van der Waals surface area (Å²) in [5.41, 5.74) is 0.490. The largest absolute Gasteiger partial charge is 0.336 e. The van der Waals surface area contributed by atoms with Crippen LogP contribution in [0, 0.1) is 5.92 Å². The van der Waals surface area contributed by atoms with Crippen LogP contribution in [0.25, 0.3) is 0 Å². The lowest BCUT2D eigenvalue weighted by atomic mass is 9.99. The van der Waals surface area contributed by atoms with Gasteiger partial charge in [-0.2, -0.15) is 4.31 Å². The highest BCUT2D eigenvalue weighted by Gasteiger charge is 2.37. The van der Waals surface area contributed by atoms with Crippen LogP contribution < -0.4 is 5.32 Å². The van der Waals surface area contributed by atoms with Gasteiger partial charge in [-0.3, -0.25) is 14.4 Å². The van der Waals surface area contributed by atoms with Crippen molar-refractivity contribution in [2.24, 2.45) is 5.92 Å². The molecule has 0 radical (unpaired) electrons. The molecule has 3 amide bonds. The van der Waals surface area contributed by atoms with E-state index in [1.165, 1.54) is 35.5 Å². The van der Waals surface area contributed by atoms with Gasteiger partial charge in [-0.25, -0.2) is 13.2 Å². The molecule has 0 aliphatic carbocycles. The fourth-order valence-corrected chi connectivity index (χ4v) is 4.69.